The monoisotopic (exact) mass is 260 g/mol. The molecule has 0 aliphatic carbocycles. The van der Waals surface area contributed by atoms with Gasteiger partial charge in [0.2, 0.25) is 11.8 Å². The van der Waals surface area contributed by atoms with E-state index < -0.39 is 5.41 Å². The quantitative estimate of drug-likeness (QED) is 0.910. The van der Waals surface area contributed by atoms with Gasteiger partial charge in [-0.1, -0.05) is 26.8 Å². The second kappa shape index (κ2) is 5.17. The van der Waals surface area contributed by atoms with Crippen LogP contribution in [0.2, 0.25) is 0 Å². The van der Waals surface area contributed by atoms with Gasteiger partial charge in [0, 0.05) is 11.6 Å². The lowest BCUT2D eigenvalue weighted by atomic mass is 9.96. The summed E-state index contributed by atoms with van der Waals surface area (Å²) in [7, 11) is 0. The van der Waals surface area contributed by atoms with Gasteiger partial charge in [-0.15, -0.1) is 10.2 Å². The van der Waals surface area contributed by atoms with Crippen LogP contribution in [0.15, 0.2) is 28.8 Å². The Hall–Kier alpha value is -2.24. The van der Waals surface area contributed by atoms with Gasteiger partial charge in [-0.25, -0.2) is 0 Å². The lowest BCUT2D eigenvalue weighted by Crippen LogP contribution is -2.34. The molecular formula is C13H16N4O2. The molecule has 100 valence electrons. The summed E-state index contributed by atoms with van der Waals surface area (Å²) in [6.45, 7) is 5.75. The Balaban J connectivity index is 2.01. The van der Waals surface area contributed by atoms with Gasteiger partial charge < -0.3 is 9.73 Å². The predicted molar refractivity (Wildman–Crippen MR) is 68.8 cm³/mol. The van der Waals surface area contributed by atoms with Gasteiger partial charge in [-0.05, 0) is 12.1 Å². The number of nitrogens with zero attached hydrogens (tertiary/aromatic N) is 3. The number of carbonyl (C=O) groups excluding carboxylic acids is 1. The summed E-state index contributed by atoms with van der Waals surface area (Å²) in [4.78, 5) is 15.8. The minimum atomic E-state index is -0.441. The van der Waals surface area contributed by atoms with Crippen molar-refractivity contribution in [3.8, 4) is 11.6 Å². The van der Waals surface area contributed by atoms with Crippen LogP contribution in [0.1, 0.15) is 26.7 Å². The van der Waals surface area contributed by atoms with E-state index in [1.165, 1.54) is 0 Å². The summed E-state index contributed by atoms with van der Waals surface area (Å²) in [6.07, 6.45) is 1.65. The Bertz CT molecular complexity index is 558. The van der Waals surface area contributed by atoms with Gasteiger partial charge in [-0.2, -0.15) is 0 Å². The highest BCUT2D eigenvalue weighted by atomic mass is 16.4. The average molecular weight is 260 g/mol. The lowest BCUT2D eigenvalue weighted by Gasteiger charge is -2.16. The molecule has 0 fully saturated rings. The molecule has 2 aromatic rings. The third kappa shape index (κ3) is 3.37. The first-order valence-corrected chi connectivity index (χ1v) is 5.99. The zero-order valence-corrected chi connectivity index (χ0v) is 11.2. The van der Waals surface area contributed by atoms with E-state index in [1.807, 2.05) is 32.9 Å². The molecule has 0 saturated heterocycles. The maximum Gasteiger partial charge on any atom is 0.266 e. The van der Waals surface area contributed by atoms with E-state index in [9.17, 15) is 4.79 Å². The van der Waals surface area contributed by atoms with Crippen molar-refractivity contribution < 1.29 is 9.21 Å². The zero-order valence-electron chi connectivity index (χ0n) is 11.2. The van der Waals surface area contributed by atoms with Crippen LogP contribution < -0.4 is 5.32 Å². The van der Waals surface area contributed by atoms with E-state index in [2.05, 4.69) is 20.5 Å². The minimum Gasteiger partial charge on any atom is -0.417 e. The number of carbonyl (C=O) groups is 1. The summed E-state index contributed by atoms with van der Waals surface area (Å²) < 4.78 is 5.43. The Morgan fingerprint density at radius 2 is 2.11 bits per heavy atom. The smallest absolute Gasteiger partial charge is 0.266 e. The van der Waals surface area contributed by atoms with Crippen LogP contribution >= 0.6 is 0 Å². The molecule has 0 atom stereocenters. The number of rotatable bonds is 3. The topological polar surface area (TPSA) is 80.9 Å². The fourth-order valence-electron chi connectivity index (χ4n) is 1.34. The van der Waals surface area contributed by atoms with Crippen molar-refractivity contribution >= 4 is 5.91 Å². The van der Waals surface area contributed by atoms with Crippen LogP contribution in [-0.2, 0) is 11.3 Å². The van der Waals surface area contributed by atoms with E-state index >= 15 is 0 Å². The van der Waals surface area contributed by atoms with Crippen LogP contribution in [0.5, 0.6) is 0 Å². The van der Waals surface area contributed by atoms with Crippen molar-refractivity contribution in [2.75, 3.05) is 0 Å². The SMILES string of the molecule is CC(C)(C)C(=O)NCc1nnc(-c2ccccn2)o1. The number of hydrogen-bond donors (Lipinski definition) is 1. The van der Waals surface area contributed by atoms with Crippen LogP contribution in [0, 0.1) is 5.41 Å². The largest absolute Gasteiger partial charge is 0.417 e. The van der Waals surface area contributed by atoms with Crippen molar-refractivity contribution in [3.63, 3.8) is 0 Å². The lowest BCUT2D eigenvalue weighted by molar-refractivity contribution is -0.128. The Morgan fingerprint density at radius 1 is 1.32 bits per heavy atom. The van der Waals surface area contributed by atoms with E-state index in [0.29, 0.717) is 17.5 Å². The van der Waals surface area contributed by atoms with Gasteiger partial charge in [0.25, 0.3) is 5.89 Å². The Kier molecular flexibility index (Phi) is 3.59. The summed E-state index contributed by atoms with van der Waals surface area (Å²) >= 11 is 0. The molecule has 6 heteroatoms. The Morgan fingerprint density at radius 3 is 2.74 bits per heavy atom. The summed E-state index contributed by atoms with van der Waals surface area (Å²) in [5.41, 5.74) is 0.174. The Labute approximate surface area is 111 Å². The summed E-state index contributed by atoms with van der Waals surface area (Å²) in [5.74, 6) is 0.643. The molecule has 0 aromatic carbocycles. The fourth-order valence-corrected chi connectivity index (χ4v) is 1.34. The van der Waals surface area contributed by atoms with Gasteiger partial charge in [0.05, 0.1) is 6.54 Å². The summed E-state index contributed by atoms with van der Waals surface area (Å²) in [6, 6.07) is 5.43. The van der Waals surface area contributed by atoms with Crippen LogP contribution in [0.4, 0.5) is 0 Å². The molecule has 0 aliphatic rings. The van der Waals surface area contributed by atoms with Crippen molar-refractivity contribution in [3.05, 3.63) is 30.3 Å². The first-order valence-electron chi connectivity index (χ1n) is 5.99. The molecule has 0 radical (unpaired) electrons. The highest BCUT2D eigenvalue weighted by Crippen LogP contribution is 2.15. The predicted octanol–water partition coefficient (Wildman–Crippen LogP) is 1.79. The number of hydrogen-bond acceptors (Lipinski definition) is 5. The van der Waals surface area contributed by atoms with Crippen LogP contribution in [0.3, 0.4) is 0 Å². The van der Waals surface area contributed by atoms with Crippen molar-refractivity contribution in [1.29, 1.82) is 0 Å². The highest BCUT2D eigenvalue weighted by Gasteiger charge is 2.21. The second-order valence-corrected chi connectivity index (χ2v) is 5.15. The second-order valence-electron chi connectivity index (χ2n) is 5.15. The maximum absolute atomic E-state index is 11.7. The van der Waals surface area contributed by atoms with E-state index in [-0.39, 0.29) is 12.5 Å². The highest BCUT2D eigenvalue weighted by molar-refractivity contribution is 5.81. The van der Waals surface area contributed by atoms with E-state index in [0.717, 1.165) is 0 Å². The molecule has 19 heavy (non-hydrogen) atoms. The van der Waals surface area contributed by atoms with E-state index in [1.54, 1.807) is 12.3 Å². The summed E-state index contributed by atoms with van der Waals surface area (Å²) in [5, 5.41) is 10.5. The molecule has 2 rings (SSSR count). The first-order chi connectivity index (χ1) is 8.97. The van der Waals surface area contributed by atoms with Crippen molar-refractivity contribution in [1.82, 2.24) is 20.5 Å². The minimum absolute atomic E-state index is 0.0647. The molecule has 2 heterocycles. The number of amides is 1. The molecule has 0 bridgehead atoms. The molecule has 0 saturated carbocycles. The standard InChI is InChI=1S/C13H16N4O2/c1-13(2,3)12(18)15-8-10-16-17-11(19-10)9-6-4-5-7-14-9/h4-7H,8H2,1-3H3,(H,15,18). The fraction of sp³-hybridized carbons (Fsp3) is 0.385. The van der Waals surface area contributed by atoms with Crippen LogP contribution in [0.25, 0.3) is 11.6 Å². The van der Waals surface area contributed by atoms with Gasteiger partial charge in [0.1, 0.15) is 5.69 Å². The first kappa shape index (κ1) is 13.2. The molecular weight excluding hydrogens is 244 g/mol. The van der Waals surface area contributed by atoms with Gasteiger partial charge >= 0.3 is 0 Å². The molecule has 2 aromatic heterocycles. The molecule has 6 nitrogen and oxygen atoms in total. The third-order valence-electron chi connectivity index (χ3n) is 2.43. The zero-order chi connectivity index (χ0) is 13.9. The number of nitrogens with one attached hydrogen (secondary N) is 1. The molecule has 0 unspecified atom stereocenters. The molecule has 1 amide bonds. The number of pyridine rings is 1. The van der Waals surface area contributed by atoms with E-state index in [4.69, 9.17) is 4.42 Å². The van der Waals surface area contributed by atoms with Crippen molar-refractivity contribution in [2.24, 2.45) is 5.41 Å². The number of aromatic nitrogens is 3. The molecule has 0 spiro atoms. The molecule has 1 N–H and O–H groups in total. The average Bonchev–Trinajstić information content (AvgIpc) is 2.84. The van der Waals surface area contributed by atoms with Crippen LogP contribution in [-0.4, -0.2) is 21.1 Å². The normalized spacial score (nSPS) is 11.3. The maximum atomic E-state index is 11.7. The van der Waals surface area contributed by atoms with Gasteiger partial charge in [-0.3, -0.25) is 9.78 Å². The molecule has 0 aliphatic heterocycles. The van der Waals surface area contributed by atoms with Crippen molar-refractivity contribution in [2.45, 2.75) is 27.3 Å². The third-order valence-corrected chi connectivity index (χ3v) is 2.43. The van der Waals surface area contributed by atoms with Gasteiger partial charge in [0.15, 0.2) is 0 Å².